The molecule has 4 heterocycles. The van der Waals surface area contributed by atoms with Crippen molar-refractivity contribution in [3.05, 3.63) is 59.4 Å². The van der Waals surface area contributed by atoms with Gasteiger partial charge < -0.3 is 20.6 Å². The predicted octanol–water partition coefficient (Wildman–Crippen LogP) is 2.49. The van der Waals surface area contributed by atoms with Crippen LogP contribution in [0.2, 0.25) is 0 Å². The molecule has 2 aliphatic heterocycles. The molecule has 5 rings (SSSR count). The Balaban J connectivity index is 1.25. The highest BCUT2D eigenvalue weighted by atomic mass is 19.1. The minimum absolute atomic E-state index is 0.164. The van der Waals surface area contributed by atoms with Gasteiger partial charge in [0.15, 0.2) is 5.82 Å². The van der Waals surface area contributed by atoms with Gasteiger partial charge in [0.1, 0.15) is 17.5 Å². The molecule has 0 radical (unpaired) electrons. The molecule has 0 spiro atoms. The van der Waals surface area contributed by atoms with Crippen molar-refractivity contribution in [3.8, 4) is 5.82 Å². The van der Waals surface area contributed by atoms with Crippen LogP contribution in [0.1, 0.15) is 25.1 Å². The molecule has 9 nitrogen and oxygen atoms in total. The summed E-state index contributed by atoms with van der Waals surface area (Å²) < 4.78 is 29.1. The van der Waals surface area contributed by atoms with Crippen LogP contribution in [0.5, 0.6) is 0 Å². The molecule has 0 aliphatic carbocycles. The summed E-state index contributed by atoms with van der Waals surface area (Å²) in [6.45, 7) is 8.18. The van der Waals surface area contributed by atoms with Gasteiger partial charge in [-0.05, 0) is 25.5 Å². The van der Waals surface area contributed by atoms with Crippen molar-refractivity contribution in [1.82, 2.24) is 24.6 Å². The van der Waals surface area contributed by atoms with Crippen molar-refractivity contribution < 1.29 is 13.9 Å². The van der Waals surface area contributed by atoms with Gasteiger partial charge >= 0.3 is 0 Å². The second kappa shape index (κ2) is 10.4. The van der Waals surface area contributed by atoms with E-state index in [1.54, 1.807) is 4.68 Å². The molecule has 1 aromatic carbocycles. The van der Waals surface area contributed by atoms with Gasteiger partial charge in [0.05, 0.1) is 18.0 Å². The summed E-state index contributed by atoms with van der Waals surface area (Å²) in [7, 11) is 0. The fraction of sp³-hybridized carbons (Fsp3) is 0.423. The normalized spacial score (nSPS) is 19.1. The fourth-order valence-corrected chi connectivity index (χ4v) is 4.97. The number of hydrogen-bond acceptors (Lipinski definition) is 8. The molecule has 0 unspecified atom stereocenters. The molecular weight excluding hydrogens is 478 g/mol. The molecule has 0 amide bonds. The number of halogens is 2. The molecule has 0 saturated carbocycles. The Morgan fingerprint density at radius 2 is 1.76 bits per heavy atom. The van der Waals surface area contributed by atoms with E-state index in [-0.39, 0.29) is 18.1 Å². The van der Waals surface area contributed by atoms with Crippen LogP contribution in [-0.2, 0) is 6.42 Å². The van der Waals surface area contributed by atoms with Crippen LogP contribution in [0.25, 0.3) is 11.9 Å². The van der Waals surface area contributed by atoms with Gasteiger partial charge in [-0.2, -0.15) is 15.1 Å². The first kappa shape index (κ1) is 25.1. The van der Waals surface area contributed by atoms with Crippen molar-refractivity contribution in [1.29, 1.82) is 0 Å². The summed E-state index contributed by atoms with van der Waals surface area (Å²) in [5, 5.41) is 14.2. The van der Waals surface area contributed by atoms with E-state index in [4.69, 9.17) is 5.73 Å². The van der Waals surface area contributed by atoms with E-state index in [2.05, 4.69) is 46.0 Å². The Morgan fingerprint density at radius 3 is 2.43 bits per heavy atom. The summed E-state index contributed by atoms with van der Waals surface area (Å²) in [4.78, 5) is 15.0. The molecule has 2 saturated heterocycles. The standard InChI is InChI=1S/C26H32F2N8O/c1-3-23-18(13-30-36(23)25-12-24(31-26(29)32-25)35-15-22(37)16-35)5-4-6-33-7-8-34(14-17(33)2)21-10-19(27)9-20(28)11-21/h4-5,9-13,17,22,37H,3,6-8,14-16H2,1-2H3,(H2,29,31,32)/t17-/m1/s1. The smallest absolute Gasteiger partial charge is 0.224 e. The first-order chi connectivity index (χ1) is 17.8. The lowest BCUT2D eigenvalue weighted by Gasteiger charge is -2.40. The molecule has 3 aromatic rings. The number of benzene rings is 1. The average Bonchev–Trinajstić information content (AvgIpc) is 3.25. The van der Waals surface area contributed by atoms with Crippen LogP contribution in [0.4, 0.5) is 26.2 Å². The SMILES string of the molecule is CCc1c(C=CCN2CCN(c3cc(F)cc(F)c3)C[C@H]2C)cnn1-c1cc(N2CC(O)C2)nc(N)n1. The van der Waals surface area contributed by atoms with Crippen LogP contribution >= 0.6 is 0 Å². The highest BCUT2D eigenvalue weighted by Gasteiger charge is 2.27. The molecule has 2 aromatic heterocycles. The zero-order chi connectivity index (χ0) is 26.1. The summed E-state index contributed by atoms with van der Waals surface area (Å²) in [5.41, 5.74) is 8.56. The third kappa shape index (κ3) is 5.42. The van der Waals surface area contributed by atoms with Crippen molar-refractivity contribution in [2.75, 3.05) is 54.8 Å². The number of aliphatic hydroxyl groups excluding tert-OH is 1. The number of rotatable bonds is 7. The highest BCUT2D eigenvalue weighted by molar-refractivity contribution is 5.55. The zero-order valence-electron chi connectivity index (χ0n) is 21.1. The summed E-state index contributed by atoms with van der Waals surface area (Å²) in [6.07, 6.45) is 6.42. The largest absolute Gasteiger partial charge is 0.389 e. The first-order valence-electron chi connectivity index (χ1n) is 12.6. The van der Waals surface area contributed by atoms with E-state index in [1.807, 2.05) is 22.1 Å². The lowest BCUT2D eigenvalue weighted by Crippen LogP contribution is -2.51. The van der Waals surface area contributed by atoms with Crippen LogP contribution < -0.4 is 15.5 Å². The van der Waals surface area contributed by atoms with Crippen molar-refractivity contribution in [3.63, 3.8) is 0 Å². The summed E-state index contributed by atoms with van der Waals surface area (Å²) in [5.74, 6) is 0.328. The molecule has 2 aliphatic rings. The predicted molar refractivity (Wildman–Crippen MR) is 140 cm³/mol. The summed E-state index contributed by atoms with van der Waals surface area (Å²) >= 11 is 0. The second-order valence-corrected chi connectivity index (χ2v) is 9.63. The highest BCUT2D eigenvalue weighted by Crippen LogP contribution is 2.24. The van der Waals surface area contributed by atoms with E-state index >= 15 is 0 Å². The number of hydrogen-bond donors (Lipinski definition) is 2. The third-order valence-corrected chi connectivity index (χ3v) is 6.97. The average molecular weight is 511 g/mol. The molecule has 37 heavy (non-hydrogen) atoms. The van der Waals surface area contributed by atoms with Crippen LogP contribution in [0.3, 0.4) is 0 Å². The maximum Gasteiger partial charge on any atom is 0.224 e. The van der Waals surface area contributed by atoms with Gasteiger partial charge in [0.2, 0.25) is 5.95 Å². The van der Waals surface area contributed by atoms with Gasteiger partial charge in [-0.25, -0.2) is 13.5 Å². The Morgan fingerprint density at radius 1 is 1.03 bits per heavy atom. The Kier molecular flexibility index (Phi) is 7.07. The number of β-amino-alcohol motifs (C(OH)–C–C–N with tert-alkyl or cyclic N) is 1. The van der Waals surface area contributed by atoms with Crippen molar-refractivity contribution in [2.24, 2.45) is 0 Å². The molecule has 11 heteroatoms. The van der Waals surface area contributed by atoms with Gasteiger partial charge in [-0.3, -0.25) is 4.90 Å². The van der Waals surface area contributed by atoms with E-state index in [0.717, 1.165) is 36.8 Å². The molecule has 0 bridgehead atoms. The van der Waals surface area contributed by atoms with Gasteiger partial charge in [-0.1, -0.05) is 19.1 Å². The molecule has 196 valence electrons. The van der Waals surface area contributed by atoms with Gasteiger partial charge in [-0.15, -0.1) is 0 Å². The van der Waals surface area contributed by atoms with Crippen LogP contribution in [0, 0.1) is 11.6 Å². The lowest BCUT2D eigenvalue weighted by atomic mass is 10.1. The van der Waals surface area contributed by atoms with Crippen molar-refractivity contribution in [2.45, 2.75) is 32.4 Å². The van der Waals surface area contributed by atoms with E-state index in [0.29, 0.717) is 43.5 Å². The molecule has 3 N–H and O–H groups in total. The molecular formula is C26H32F2N8O. The van der Waals surface area contributed by atoms with Crippen LogP contribution in [0.15, 0.2) is 36.5 Å². The Labute approximate surface area is 214 Å². The maximum absolute atomic E-state index is 13.6. The zero-order valence-corrected chi connectivity index (χ0v) is 21.1. The number of nitrogens with two attached hydrogens (primary N) is 1. The number of nitrogen functional groups attached to an aromatic ring is 1. The monoisotopic (exact) mass is 510 g/mol. The van der Waals surface area contributed by atoms with E-state index in [1.165, 1.54) is 12.1 Å². The second-order valence-electron chi connectivity index (χ2n) is 9.63. The quantitative estimate of drug-likeness (QED) is 0.500. The lowest BCUT2D eigenvalue weighted by molar-refractivity contribution is 0.141. The van der Waals surface area contributed by atoms with Gasteiger partial charge in [0, 0.05) is 68.7 Å². The minimum atomic E-state index is -0.555. The third-order valence-electron chi connectivity index (χ3n) is 6.97. The maximum atomic E-state index is 13.6. The van der Waals surface area contributed by atoms with E-state index in [9.17, 15) is 13.9 Å². The fourth-order valence-electron chi connectivity index (χ4n) is 4.97. The topological polar surface area (TPSA) is 99.6 Å². The number of piperazine rings is 1. The first-order valence-corrected chi connectivity index (χ1v) is 12.6. The summed E-state index contributed by atoms with van der Waals surface area (Å²) in [6, 6.07) is 5.73. The number of aromatic nitrogens is 4. The molecule has 1 atom stereocenters. The molecule has 2 fully saturated rings. The Hall–Kier alpha value is -3.57. The minimum Gasteiger partial charge on any atom is -0.389 e. The van der Waals surface area contributed by atoms with Crippen LogP contribution in [-0.4, -0.2) is 81.2 Å². The number of anilines is 3. The van der Waals surface area contributed by atoms with Crippen molar-refractivity contribution >= 4 is 23.5 Å². The Bertz CT molecular complexity index is 1270. The number of nitrogens with zero attached hydrogens (tertiary/aromatic N) is 7. The van der Waals surface area contributed by atoms with E-state index < -0.39 is 11.6 Å². The number of aliphatic hydroxyl groups is 1. The van der Waals surface area contributed by atoms with Gasteiger partial charge in [0.25, 0.3) is 0 Å².